The standard InChI is InChI=1S/C20H24F3N3O3/c1-12-5-3-4-10-19(12)17(28)26(18(29)25-19)11-16(27)24-13(2)14-6-8-15(9-7-14)20(21,22)23/h6-9,12-13H,3-5,10-11H2,1-2H3,(H,24,27)(H,25,29)/t12-,13-,19+/m0/s1. The summed E-state index contributed by atoms with van der Waals surface area (Å²) < 4.78 is 38.0. The van der Waals surface area contributed by atoms with Crippen molar-refractivity contribution in [3.8, 4) is 0 Å². The molecule has 29 heavy (non-hydrogen) atoms. The van der Waals surface area contributed by atoms with Crippen molar-refractivity contribution >= 4 is 17.8 Å². The molecule has 0 radical (unpaired) electrons. The molecular formula is C20H24F3N3O3. The molecule has 0 aromatic heterocycles. The number of nitrogens with one attached hydrogen (secondary N) is 2. The second-order valence-corrected chi connectivity index (χ2v) is 7.85. The Morgan fingerprint density at radius 2 is 1.93 bits per heavy atom. The number of alkyl halides is 3. The van der Waals surface area contributed by atoms with Gasteiger partial charge in [-0.1, -0.05) is 31.9 Å². The number of carbonyl (C=O) groups is 3. The third-order valence-corrected chi connectivity index (χ3v) is 5.92. The maximum absolute atomic E-state index is 12.9. The van der Waals surface area contributed by atoms with Crippen LogP contribution in [-0.2, 0) is 15.8 Å². The summed E-state index contributed by atoms with van der Waals surface area (Å²) in [6, 6.07) is 3.32. The van der Waals surface area contributed by atoms with E-state index in [1.807, 2.05) is 6.92 Å². The van der Waals surface area contributed by atoms with Crippen LogP contribution in [0.3, 0.4) is 0 Å². The summed E-state index contributed by atoms with van der Waals surface area (Å²) in [6.07, 6.45) is -1.21. The predicted molar refractivity (Wildman–Crippen MR) is 98.6 cm³/mol. The Bertz CT molecular complexity index is 809. The second kappa shape index (κ2) is 7.68. The van der Waals surface area contributed by atoms with E-state index >= 15 is 0 Å². The van der Waals surface area contributed by atoms with Crippen LogP contribution in [0.4, 0.5) is 18.0 Å². The Labute approximate surface area is 166 Å². The minimum atomic E-state index is -4.43. The van der Waals surface area contributed by atoms with Crippen LogP contribution in [0.25, 0.3) is 0 Å². The fourth-order valence-corrected chi connectivity index (χ4v) is 4.11. The normalized spacial score (nSPS) is 25.8. The molecule has 1 spiro atoms. The number of urea groups is 1. The van der Waals surface area contributed by atoms with Crippen LogP contribution in [0.1, 0.15) is 56.7 Å². The summed E-state index contributed by atoms with van der Waals surface area (Å²) in [4.78, 5) is 38.5. The van der Waals surface area contributed by atoms with Crippen LogP contribution in [0.5, 0.6) is 0 Å². The predicted octanol–water partition coefficient (Wildman–Crippen LogP) is 3.38. The third-order valence-electron chi connectivity index (χ3n) is 5.92. The van der Waals surface area contributed by atoms with Gasteiger partial charge in [-0.25, -0.2) is 4.79 Å². The monoisotopic (exact) mass is 411 g/mol. The molecule has 2 N–H and O–H groups in total. The number of amides is 4. The van der Waals surface area contributed by atoms with Gasteiger partial charge in [0, 0.05) is 0 Å². The molecule has 1 aliphatic carbocycles. The molecule has 3 rings (SSSR count). The molecule has 6 nitrogen and oxygen atoms in total. The van der Waals surface area contributed by atoms with Gasteiger partial charge in [0.2, 0.25) is 5.91 Å². The van der Waals surface area contributed by atoms with E-state index < -0.39 is 41.8 Å². The summed E-state index contributed by atoms with van der Waals surface area (Å²) in [5.41, 5.74) is -1.22. The minimum absolute atomic E-state index is 0.00756. The molecule has 158 valence electrons. The zero-order valence-corrected chi connectivity index (χ0v) is 16.3. The first-order valence-electron chi connectivity index (χ1n) is 9.65. The Morgan fingerprint density at radius 1 is 1.28 bits per heavy atom. The minimum Gasteiger partial charge on any atom is -0.348 e. The van der Waals surface area contributed by atoms with Crippen molar-refractivity contribution in [3.63, 3.8) is 0 Å². The Hall–Kier alpha value is -2.58. The number of benzene rings is 1. The van der Waals surface area contributed by atoms with Crippen molar-refractivity contribution in [2.45, 2.75) is 57.3 Å². The van der Waals surface area contributed by atoms with E-state index in [0.29, 0.717) is 12.0 Å². The van der Waals surface area contributed by atoms with Crippen LogP contribution >= 0.6 is 0 Å². The van der Waals surface area contributed by atoms with Gasteiger partial charge in [0.05, 0.1) is 11.6 Å². The van der Waals surface area contributed by atoms with E-state index in [2.05, 4.69) is 10.6 Å². The van der Waals surface area contributed by atoms with Gasteiger partial charge >= 0.3 is 12.2 Å². The van der Waals surface area contributed by atoms with Crippen LogP contribution in [-0.4, -0.2) is 34.8 Å². The largest absolute Gasteiger partial charge is 0.416 e. The lowest BCUT2D eigenvalue weighted by Gasteiger charge is -2.36. The van der Waals surface area contributed by atoms with Crippen LogP contribution in [0.15, 0.2) is 24.3 Å². The zero-order chi connectivity index (χ0) is 21.4. The molecule has 1 saturated heterocycles. The molecular weight excluding hydrogens is 387 g/mol. The zero-order valence-electron chi connectivity index (χ0n) is 16.3. The van der Waals surface area contributed by atoms with Gasteiger partial charge in [0.25, 0.3) is 5.91 Å². The highest BCUT2D eigenvalue weighted by atomic mass is 19.4. The van der Waals surface area contributed by atoms with Crippen LogP contribution < -0.4 is 10.6 Å². The molecule has 2 fully saturated rings. The fourth-order valence-electron chi connectivity index (χ4n) is 4.11. The van der Waals surface area contributed by atoms with E-state index in [-0.39, 0.29) is 11.8 Å². The average molecular weight is 411 g/mol. The first-order chi connectivity index (χ1) is 13.5. The highest BCUT2D eigenvalue weighted by Gasteiger charge is 2.55. The molecule has 1 aliphatic heterocycles. The maximum atomic E-state index is 12.9. The van der Waals surface area contributed by atoms with Gasteiger partial charge in [-0.2, -0.15) is 13.2 Å². The third kappa shape index (κ3) is 4.09. The van der Waals surface area contributed by atoms with Crippen molar-refractivity contribution in [2.75, 3.05) is 6.54 Å². The van der Waals surface area contributed by atoms with Crippen LogP contribution in [0, 0.1) is 5.92 Å². The second-order valence-electron chi connectivity index (χ2n) is 7.85. The van der Waals surface area contributed by atoms with E-state index in [1.54, 1.807) is 6.92 Å². The molecule has 1 saturated carbocycles. The van der Waals surface area contributed by atoms with Crippen molar-refractivity contribution in [2.24, 2.45) is 5.92 Å². The quantitative estimate of drug-likeness (QED) is 0.746. The molecule has 1 aromatic rings. The van der Waals surface area contributed by atoms with Gasteiger partial charge in [-0.05, 0) is 43.4 Å². The summed E-state index contributed by atoms with van der Waals surface area (Å²) in [5, 5.41) is 5.41. The number of rotatable bonds is 4. The van der Waals surface area contributed by atoms with E-state index in [1.165, 1.54) is 12.1 Å². The Morgan fingerprint density at radius 3 is 2.52 bits per heavy atom. The maximum Gasteiger partial charge on any atom is 0.416 e. The molecule has 2 aliphatic rings. The highest BCUT2D eigenvalue weighted by molar-refractivity contribution is 6.09. The molecule has 1 aromatic carbocycles. The first kappa shape index (κ1) is 21.1. The molecule has 4 amide bonds. The molecule has 9 heteroatoms. The van der Waals surface area contributed by atoms with Gasteiger partial charge in [-0.15, -0.1) is 0 Å². The molecule has 3 atom stereocenters. The summed E-state index contributed by atoms with van der Waals surface area (Å²) in [5.74, 6) is -0.944. The number of nitrogens with zero attached hydrogens (tertiary/aromatic N) is 1. The first-order valence-corrected chi connectivity index (χ1v) is 9.65. The summed E-state index contributed by atoms with van der Waals surface area (Å²) in [6.45, 7) is 3.12. The van der Waals surface area contributed by atoms with Gasteiger partial charge in [0.15, 0.2) is 0 Å². The molecule has 0 bridgehead atoms. The fraction of sp³-hybridized carbons (Fsp3) is 0.550. The van der Waals surface area contributed by atoms with Crippen molar-refractivity contribution in [1.29, 1.82) is 0 Å². The Kier molecular flexibility index (Phi) is 5.60. The summed E-state index contributed by atoms with van der Waals surface area (Å²) in [7, 11) is 0. The van der Waals surface area contributed by atoms with Crippen molar-refractivity contribution in [1.82, 2.24) is 15.5 Å². The van der Waals surface area contributed by atoms with Gasteiger partial charge in [0.1, 0.15) is 12.1 Å². The van der Waals surface area contributed by atoms with E-state index in [0.717, 1.165) is 36.3 Å². The van der Waals surface area contributed by atoms with E-state index in [4.69, 9.17) is 0 Å². The van der Waals surface area contributed by atoms with Gasteiger partial charge < -0.3 is 10.6 Å². The highest BCUT2D eigenvalue weighted by Crippen LogP contribution is 2.38. The number of halogens is 3. The topological polar surface area (TPSA) is 78.5 Å². The van der Waals surface area contributed by atoms with Crippen molar-refractivity contribution < 1.29 is 27.6 Å². The molecule has 0 unspecified atom stereocenters. The SMILES string of the molecule is C[C@H](NC(=O)CN1C(=O)N[C@@]2(CCCC[C@@H]2C)C1=O)c1ccc(C(F)(F)F)cc1. The van der Waals surface area contributed by atoms with Gasteiger partial charge in [-0.3, -0.25) is 14.5 Å². The number of carbonyl (C=O) groups excluding carboxylic acids is 3. The number of imide groups is 1. The number of hydrogen-bond donors (Lipinski definition) is 2. The lowest BCUT2D eigenvalue weighted by Crippen LogP contribution is -2.54. The summed E-state index contributed by atoms with van der Waals surface area (Å²) >= 11 is 0. The smallest absolute Gasteiger partial charge is 0.348 e. The Balaban J connectivity index is 1.63. The number of hydrogen-bond acceptors (Lipinski definition) is 3. The van der Waals surface area contributed by atoms with Crippen molar-refractivity contribution in [3.05, 3.63) is 35.4 Å². The van der Waals surface area contributed by atoms with Crippen LogP contribution in [0.2, 0.25) is 0 Å². The van der Waals surface area contributed by atoms with E-state index in [9.17, 15) is 27.6 Å². The lowest BCUT2D eigenvalue weighted by molar-refractivity contribution is -0.137. The average Bonchev–Trinajstić information content (AvgIpc) is 2.88. The molecule has 1 heterocycles. The lowest BCUT2D eigenvalue weighted by atomic mass is 9.73.